The van der Waals surface area contributed by atoms with Crippen molar-refractivity contribution in [2.45, 2.75) is 44.6 Å². The molecule has 0 aromatic rings. The molecule has 0 amide bonds. The number of hydrogen-bond acceptors (Lipinski definition) is 3. The van der Waals surface area contributed by atoms with Crippen molar-refractivity contribution in [2.75, 3.05) is 0 Å². The maximum atomic E-state index is 9.36. The van der Waals surface area contributed by atoms with Gasteiger partial charge in [-0.1, -0.05) is 13.8 Å². The van der Waals surface area contributed by atoms with Crippen LogP contribution in [0.4, 0.5) is 0 Å². The van der Waals surface area contributed by atoms with Crippen molar-refractivity contribution < 1.29 is 14.9 Å². The molecule has 2 N–H and O–H groups in total. The minimum absolute atomic E-state index is 0.0431. The third-order valence-electron chi connectivity index (χ3n) is 2.28. The molecule has 1 rings (SSSR count). The fraction of sp³-hybridized carbons (Fsp3) is 1.00. The van der Waals surface area contributed by atoms with Crippen molar-refractivity contribution >= 4 is 7.85 Å². The summed E-state index contributed by atoms with van der Waals surface area (Å²) in [5.74, 6) is 0.318. The van der Waals surface area contributed by atoms with Gasteiger partial charge < -0.3 is 14.9 Å². The molecule has 0 aromatic carbocycles. The van der Waals surface area contributed by atoms with Gasteiger partial charge >= 0.3 is 0 Å². The first kappa shape index (κ1) is 10.0. The molecule has 1 aliphatic rings. The van der Waals surface area contributed by atoms with Crippen LogP contribution in [-0.4, -0.2) is 42.4 Å². The van der Waals surface area contributed by atoms with E-state index in [1.54, 1.807) is 0 Å². The van der Waals surface area contributed by atoms with E-state index in [1.165, 1.54) is 0 Å². The Morgan fingerprint density at radius 2 is 2.00 bits per heavy atom. The van der Waals surface area contributed by atoms with Crippen LogP contribution in [0.5, 0.6) is 0 Å². The molecular weight excluding hydrogens is 155 g/mol. The lowest BCUT2D eigenvalue weighted by molar-refractivity contribution is -0.149. The molecule has 1 unspecified atom stereocenters. The largest absolute Gasteiger partial charge is 0.390 e. The standard InChI is InChI=1S/C8H15BO3/c1-4(2)6-3-5(10)7(11)8(9)12-6/h4-8,10-11H,3H2,1-2H3/t5-,6?,7+,8+/m1/s1. The highest BCUT2D eigenvalue weighted by molar-refractivity contribution is 6.11. The average molecular weight is 170 g/mol. The van der Waals surface area contributed by atoms with Gasteiger partial charge in [0.2, 0.25) is 0 Å². The summed E-state index contributed by atoms with van der Waals surface area (Å²) in [6.45, 7) is 4.00. The lowest BCUT2D eigenvalue weighted by Gasteiger charge is -2.37. The van der Waals surface area contributed by atoms with Gasteiger partial charge in [-0.2, -0.15) is 0 Å². The van der Waals surface area contributed by atoms with Crippen molar-refractivity contribution in [3.63, 3.8) is 0 Å². The van der Waals surface area contributed by atoms with Crippen LogP contribution < -0.4 is 0 Å². The molecule has 2 radical (unpaired) electrons. The predicted molar refractivity (Wildman–Crippen MR) is 45.9 cm³/mol. The molecular formula is C8H15BO3. The third-order valence-corrected chi connectivity index (χ3v) is 2.28. The zero-order valence-electron chi connectivity index (χ0n) is 7.47. The van der Waals surface area contributed by atoms with Crippen LogP contribution in [0.25, 0.3) is 0 Å². The van der Waals surface area contributed by atoms with E-state index in [1.807, 2.05) is 13.8 Å². The van der Waals surface area contributed by atoms with Crippen molar-refractivity contribution in [1.82, 2.24) is 0 Å². The molecule has 68 valence electrons. The van der Waals surface area contributed by atoms with Gasteiger partial charge in [-0.25, -0.2) is 0 Å². The molecule has 0 bridgehead atoms. The second-order valence-corrected chi connectivity index (χ2v) is 3.68. The summed E-state index contributed by atoms with van der Waals surface area (Å²) in [5, 5.41) is 18.6. The monoisotopic (exact) mass is 170 g/mol. The summed E-state index contributed by atoms with van der Waals surface area (Å²) < 4.78 is 5.30. The van der Waals surface area contributed by atoms with E-state index in [0.29, 0.717) is 12.3 Å². The predicted octanol–water partition coefficient (Wildman–Crippen LogP) is -0.352. The molecule has 4 heteroatoms. The molecule has 0 aromatic heterocycles. The number of aliphatic hydroxyl groups is 2. The zero-order valence-corrected chi connectivity index (χ0v) is 7.47. The van der Waals surface area contributed by atoms with E-state index < -0.39 is 18.2 Å². The van der Waals surface area contributed by atoms with Crippen molar-refractivity contribution in [2.24, 2.45) is 5.92 Å². The SMILES string of the molecule is [B][C@H]1OC(C(C)C)C[C@@H](O)[C@@H]1O. The second-order valence-electron chi connectivity index (χ2n) is 3.68. The van der Waals surface area contributed by atoms with E-state index in [9.17, 15) is 10.2 Å². The Kier molecular flexibility index (Phi) is 3.15. The Balaban J connectivity index is 2.53. The van der Waals surface area contributed by atoms with Gasteiger partial charge in [0.15, 0.2) is 0 Å². The topological polar surface area (TPSA) is 49.7 Å². The Hall–Kier alpha value is -0.0551. The van der Waals surface area contributed by atoms with Gasteiger partial charge in [-0.15, -0.1) is 0 Å². The molecule has 1 fully saturated rings. The van der Waals surface area contributed by atoms with Crippen LogP contribution in [0.1, 0.15) is 20.3 Å². The van der Waals surface area contributed by atoms with Crippen LogP contribution in [0.3, 0.4) is 0 Å². The first-order chi connectivity index (χ1) is 5.52. The maximum Gasteiger partial charge on any atom is 0.112 e. The Bertz CT molecular complexity index is 139. The van der Waals surface area contributed by atoms with Gasteiger partial charge in [0.05, 0.1) is 18.3 Å². The van der Waals surface area contributed by atoms with E-state index in [4.69, 9.17) is 12.6 Å². The Morgan fingerprint density at radius 1 is 1.42 bits per heavy atom. The third kappa shape index (κ3) is 2.00. The molecule has 0 aliphatic carbocycles. The minimum Gasteiger partial charge on any atom is -0.390 e. The van der Waals surface area contributed by atoms with Crippen LogP contribution in [0, 0.1) is 5.92 Å². The summed E-state index contributed by atoms with van der Waals surface area (Å²) in [7, 11) is 5.46. The molecule has 1 saturated heterocycles. The highest BCUT2D eigenvalue weighted by Gasteiger charge is 2.34. The summed E-state index contributed by atoms with van der Waals surface area (Å²) in [5.41, 5.74) is 0. The number of aliphatic hydroxyl groups excluding tert-OH is 2. The Labute approximate surface area is 74.1 Å². The maximum absolute atomic E-state index is 9.36. The number of ether oxygens (including phenoxy) is 1. The highest BCUT2D eigenvalue weighted by Crippen LogP contribution is 2.23. The fourth-order valence-corrected chi connectivity index (χ4v) is 1.36. The quantitative estimate of drug-likeness (QED) is 0.528. The second kappa shape index (κ2) is 3.77. The first-order valence-corrected chi connectivity index (χ1v) is 4.29. The number of hydrogen-bond donors (Lipinski definition) is 2. The van der Waals surface area contributed by atoms with E-state index >= 15 is 0 Å². The first-order valence-electron chi connectivity index (χ1n) is 4.29. The smallest absolute Gasteiger partial charge is 0.112 e. The average Bonchev–Trinajstić information content (AvgIpc) is 1.99. The lowest BCUT2D eigenvalue weighted by Crippen LogP contribution is -2.49. The van der Waals surface area contributed by atoms with Gasteiger partial charge in [0.25, 0.3) is 0 Å². The summed E-state index contributed by atoms with van der Waals surface area (Å²) in [6.07, 6.45) is -1.27. The number of rotatable bonds is 1. The van der Waals surface area contributed by atoms with Crippen molar-refractivity contribution in [1.29, 1.82) is 0 Å². The molecule has 1 aliphatic heterocycles. The van der Waals surface area contributed by atoms with Gasteiger partial charge in [0, 0.05) is 12.4 Å². The minimum atomic E-state index is -0.944. The van der Waals surface area contributed by atoms with Crippen molar-refractivity contribution in [3.8, 4) is 0 Å². The van der Waals surface area contributed by atoms with Crippen LogP contribution >= 0.6 is 0 Å². The van der Waals surface area contributed by atoms with E-state index in [-0.39, 0.29) is 6.10 Å². The molecule has 12 heavy (non-hydrogen) atoms. The Morgan fingerprint density at radius 3 is 2.42 bits per heavy atom. The van der Waals surface area contributed by atoms with Crippen molar-refractivity contribution in [3.05, 3.63) is 0 Å². The van der Waals surface area contributed by atoms with Gasteiger partial charge in [0.1, 0.15) is 7.85 Å². The molecule has 0 saturated carbocycles. The summed E-state index contributed by atoms with van der Waals surface area (Å²) >= 11 is 0. The van der Waals surface area contributed by atoms with Gasteiger partial charge in [-0.05, 0) is 5.92 Å². The van der Waals surface area contributed by atoms with Crippen LogP contribution in [0.15, 0.2) is 0 Å². The zero-order chi connectivity index (χ0) is 9.30. The molecule has 1 heterocycles. The normalized spacial score (nSPS) is 43.4. The lowest BCUT2D eigenvalue weighted by atomic mass is 9.84. The van der Waals surface area contributed by atoms with Crippen LogP contribution in [0.2, 0.25) is 0 Å². The van der Waals surface area contributed by atoms with Gasteiger partial charge in [-0.3, -0.25) is 0 Å². The van der Waals surface area contributed by atoms with Crippen LogP contribution in [-0.2, 0) is 4.74 Å². The van der Waals surface area contributed by atoms with E-state index in [0.717, 1.165) is 0 Å². The van der Waals surface area contributed by atoms with E-state index in [2.05, 4.69) is 0 Å². The highest BCUT2D eigenvalue weighted by atomic mass is 16.5. The molecule has 4 atom stereocenters. The summed E-state index contributed by atoms with van der Waals surface area (Å²) in [4.78, 5) is 0. The molecule has 0 spiro atoms. The molecule has 3 nitrogen and oxygen atoms in total. The fourth-order valence-electron chi connectivity index (χ4n) is 1.36. The summed E-state index contributed by atoms with van der Waals surface area (Å²) in [6, 6.07) is -0.749.